The Morgan fingerprint density at radius 1 is 0.881 bits per heavy atom. The lowest BCUT2D eigenvalue weighted by Crippen LogP contribution is -2.10. The molecule has 214 valence electrons. The van der Waals surface area contributed by atoms with Crippen molar-refractivity contribution in [2.24, 2.45) is 0 Å². The number of carboxylic acid groups (broad SMARTS) is 1. The van der Waals surface area contributed by atoms with Gasteiger partial charge in [0.1, 0.15) is 11.4 Å². The van der Waals surface area contributed by atoms with Crippen LogP contribution in [0.3, 0.4) is 0 Å². The largest absolute Gasteiger partial charge is 0.490 e. The summed E-state index contributed by atoms with van der Waals surface area (Å²) in [7, 11) is 0. The van der Waals surface area contributed by atoms with Crippen LogP contribution in [0.2, 0.25) is 0 Å². The number of pyridine rings is 1. The van der Waals surface area contributed by atoms with Crippen LogP contribution in [0.1, 0.15) is 52.9 Å². The molecule has 1 fully saturated rings. The fourth-order valence-corrected chi connectivity index (χ4v) is 5.88. The van der Waals surface area contributed by atoms with Gasteiger partial charge in [-0.2, -0.15) is 13.2 Å². The summed E-state index contributed by atoms with van der Waals surface area (Å²) < 4.78 is 46.2. The average molecular weight is 571 g/mol. The fourth-order valence-electron chi connectivity index (χ4n) is 5.88. The number of alkyl halides is 3. The summed E-state index contributed by atoms with van der Waals surface area (Å²) in [5.74, 6) is -0.314. The van der Waals surface area contributed by atoms with Crippen LogP contribution >= 0.6 is 0 Å². The number of aryl methyl sites for hydroxylation is 2. The number of carboxylic acids is 1. The normalized spacial score (nSPS) is 14.0. The predicted molar refractivity (Wildman–Crippen MR) is 156 cm³/mol. The van der Waals surface area contributed by atoms with Crippen molar-refractivity contribution in [1.29, 1.82) is 0 Å². The number of carbonyl (C=O) groups is 1. The van der Waals surface area contributed by atoms with E-state index < -0.39 is 17.7 Å². The third-order valence-electron chi connectivity index (χ3n) is 7.97. The number of aromatic nitrogens is 2. The van der Waals surface area contributed by atoms with E-state index in [-0.39, 0.29) is 11.8 Å². The van der Waals surface area contributed by atoms with Gasteiger partial charge in [-0.1, -0.05) is 30.3 Å². The van der Waals surface area contributed by atoms with Crippen molar-refractivity contribution in [3.8, 4) is 28.0 Å². The molecule has 0 amide bonds. The Balaban J connectivity index is 1.51. The van der Waals surface area contributed by atoms with Gasteiger partial charge in [0.25, 0.3) is 0 Å². The van der Waals surface area contributed by atoms with E-state index in [4.69, 9.17) is 4.74 Å². The Kier molecular flexibility index (Phi) is 7.45. The van der Waals surface area contributed by atoms with E-state index in [0.29, 0.717) is 35.0 Å². The molecule has 6 rings (SSSR count). The fraction of sp³-hybridized carbons (Fsp3) is 0.235. The molecule has 0 atom stereocenters. The second kappa shape index (κ2) is 11.4. The lowest BCUT2D eigenvalue weighted by atomic mass is 9.88. The number of H-pyrrole nitrogens is 1. The van der Waals surface area contributed by atoms with Gasteiger partial charge in [0.2, 0.25) is 0 Å². The third-order valence-corrected chi connectivity index (χ3v) is 7.97. The van der Waals surface area contributed by atoms with Gasteiger partial charge < -0.3 is 14.8 Å². The van der Waals surface area contributed by atoms with Crippen LogP contribution < -0.4 is 4.74 Å². The van der Waals surface area contributed by atoms with Gasteiger partial charge in [-0.05, 0) is 114 Å². The van der Waals surface area contributed by atoms with Crippen LogP contribution in [0.25, 0.3) is 33.2 Å². The summed E-state index contributed by atoms with van der Waals surface area (Å²) in [4.78, 5) is 19.5. The average Bonchev–Trinajstić information content (AvgIpc) is 3.64. The molecule has 1 saturated carbocycles. The predicted octanol–water partition coefficient (Wildman–Crippen LogP) is 8.72. The number of aromatic carboxylic acids is 1. The molecule has 1 aliphatic rings. The molecule has 2 aromatic heterocycles. The van der Waals surface area contributed by atoms with Crippen LogP contribution in [-0.2, 0) is 19.0 Å². The highest BCUT2D eigenvalue weighted by molar-refractivity contribution is 6.08. The first kappa shape index (κ1) is 27.6. The summed E-state index contributed by atoms with van der Waals surface area (Å²) in [5.41, 5.74) is 4.57. The molecule has 3 aromatic carbocycles. The highest BCUT2D eigenvalue weighted by Crippen LogP contribution is 2.42. The van der Waals surface area contributed by atoms with E-state index in [1.807, 2.05) is 42.5 Å². The molecule has 0 radical (unpaired) electrons. The second-order valence-electron chi connectivity index (χ2n) is 10.7. The lowest BCUT2D eigenvalue weighted by Gasteiger charge is -2.17. The minimum atomic E-state index is -4.45. The van der Waals surface area contributed by atoms with E-state index in [2.05, 4.69) is 9.97 Å². The zero-order valence-electron chi connectivity index (χ0n) is 22.7. The summed E-state index contributed by atoms with van der Waals surface area (Å²) >= 11 is 0. The highest BCUT2D eigenvalue weighted by atomic mass is 19.4. The Morgan fingerprint density at radius 3 is 2.19 bits per heavy atom. The minimum absolute atomic E-state index is 0.103. The first-order chi connectivity index (χ1) is 20.3. The Bertz CT molecular complexity index is 1700. The molecule has 2 N–H and O–H groups in total. The Hall–Kier alpha value is -4.59. The standard InChI is InChI=1S/C34H29F3N2O3/c35-34(36,37)24-10-6-22(7-11-24)27-15-16-29-31(28(32(39-29)33(40)41)14-5-21-17-19-38-20-18-21)30(27)23-8-12-26(13-9-23)42-25-3-1-2-4-25/h6-13,15-20,25,39H,1-5,14H2,(H,40,41). The van der Waals surface area contributed by atoms with E-state index >= 15 is 0 Å². The number of halogens is 3. The second-order valence-corrected chi connectivity index (χ2v) is 10.7. The number of aromatic amines is 1. The number of hydrogen-bond acceptors (Lipinski definition) is 3. The number of rotatable bonds is 8. The van der Waals surface area contributed by atoms with E-state index in [0.717, 1.165) is 65.6 Å². The molecular weight excluding hydrogens is 541 g/mol. The lowest BCUT2D eigenvalue weighted by molar-refractivity contribution is -0.137. The monoisotopic (exact) mass is 570 g/mol. The highest BCUT2D eigenvalue weighted by Gasteiger charge is 2.30. The summed E-state index contributed by atoms with van der Waals surface area (Å²) in [6.45, 7) is 0. The van der Waals surface area contributed by atoms with Crippen molar-refractivity contribution in [3.63, 3.8) is 0 Å². The maximum absolute atomic E-state index is 13.3. The first-order valence-corrected chi connectivity index (χ1v) is 14.0. The number of ether oxygens (including phenoxy) is 1. The topological polar surface area (TPSA) is 75.2 Å². The number of nitrogens with one attached hydrogen (secondary N) is 1. The number of fused-ring (bicyclic) bond motifs is 1. The van der Waals surface area contributed by atoms with Gasteiger partial charge in [0.05, 0.1) is 11.7 Å². The van der Waals surface area contributed by atoms with Crippen molar-refractivity contribution in [1.82, 2.24) is 9.97 Å². The SMILES string of the molecule is O=C(O)c1[nH]c2ccc(-c3ccc(C(F)(F)F)cc3)c(-c3ccc(OC4CCCC4)cc3)c2c1CCc1ccncc1. The molecule has 0 saturated heterocycles. The minimum Gasteiger partial charge on any atom is -0.490 e. The van der Waals surface area contributed by atoms with Crippen LogP contribution in [0.15, 0.2) is 85.2 Å². The Morgan fingerprint density at radius 2 is 1.55 bits per heavy atom. The van der Waals surface area contributed by atoms with Crippen molar-refractivity contribution in [2.75, 3.05) is 0 Å². The van der Waals surface area contributed by atoms with Crippen molar-refractivity contribution < 1.29 is 27.8 Å². The number of benzene rings is 3. The summed E-state index contributed by atoms with van der Waals surface area (Å²) in [6, 6.07) is 20.2. The van der Waals surface area contributed by atoms with Crippen molar-refractivity contribution in [3.05, 3.63) is 108 Å². The maximum atomic E-state index is 13.3. The zero-order chi connectivity index (χ0) is 29.3. The van der Waals surface area contributed by atoms with Gasteiger partial charge in [0, 0.05) is 23.3 Å². The molecule has 5 aromatic rings. The molecule has 42 heavy (non-hydrogen) atoms. The van der Waals surface area contributed by atoms with Crippen molar-refractivity contribution >= 4 is 16.9 Å². The smallest absolute Gasteiger partial charge is 0.416 e. The van der Waals surface area contributed by atoms with Crippen LogP contribution in [0, 0.1) is 0 Å². The van der Waals surface area contributed by atoms with Gasteiger partial charge in [-0.25, -0.2) is 4.79 Å². The molecule has 8 heteroatoms. The molecule has 2 heterocycles. The van der Waals surface area contributed by atoms with Gasteiger partial charge in [-0.3, -0.25) is 4.98 Å². The molecule has 0 unspecified atom stereocenters. The summed E-state index contributed by atoms with van der Waals surface area (Å²) in [6.07, 6.45) is 4.56. The molecular formula is C34H29F3N2O3. The molecule has 5 nitrogen and oxygen atoms in total. The molecule has 1 aliphatic carbocycles. The van der Waals surface area contributed by atoms with Gasteiger partial charge in [0.15, 0.2) is 0 Å². The van der Waals surface area contributed by atoms with Crippen LogP contribution in [0.5, 0.6) is 5.75 Å². The first-order valence-electron chi connectivity index (χ1n) is 14.0. The molecule has 0 spiro atoms. The zero-order valence-corrected chi connectivity index (χ0v) is 22.7. The van der Waals surface area contributed by atoms with E-state index in [1.165, 1.54) is 12.1 Å². The van der Waals surface area contributed by atoms with Crippen molar-refractivity contribution in [2.45, 2.75) is 50.8 Å². The maximum Gasteiger partial charge on any atom is 0.416 e. The van der Waals surface area contributed by atoms with E-state index in [1.54, 1.807) is 18.5 Å². The van der Waals surface area contributed by atoms with Gasteiger partial charge in [-0.15, -0.1) is 0 Å². The van der Waals surface area contributed by atoms with Crippen LogP contribution in [0.4, 0.5) is 13.2 Å². The Labute approximate surface area is 241 Å². The summed E-state index contributed by atoms with van der Waals surface area (Å²) in [5, 5.41) is 10.9. The van der Waals surface area contributed by atoms with E-state index in [9.17, 15) is 23.1 Å². The number of hydrogen-bond donors (Lipinski definition) is 2. The molecule has 0 bridgehead atoms. The van der Waals surface area contributed by atoms with Gasteiger partial charge >= 0.3 is 12.1 Å². The quantitative estimate of drug-likeness (QED) is 0.196. The van der Waals surface area contributed by atoms with Crippen LogP contribution in [-0.4, -0.2) is 27.1 Å². The number of nitrogens with zero attached hydrogens (tertiary/aromatic N) is 1. The third kappa shape index (κ3) is 5.62. The molecule has 0 aliphatic heterocycles.